The first kappa shape index (κ1) is 19.2. The molecule has 30 heavy (non-hydrogen) atoms. The third-order valence-corrected chi connectivity index (χ3v) is 6.20. The third kappa shape index (κ3) is 3.68. The highest BCUT2D eigenvalue weighted by molar-refractivity contribution is 5.45. The maximum absolute atomic E-state index is 13.9. The van der Waals surface area contributed by atoms with E-state index in [0.29, 0.717) is 18.7 Å². The van der Waals surface area contributed by atoms with E-state index in [2.05, 4.69) is 19.7 Å². The van der Waals surface area contributed by atoms with Gasteiger partial charge in [-0.05, 0) is 67.9 Å². The summed E-state index contributed by atoms with van der Waals surface area (Å²) in [5.41, 5.74) is 1.71. The van der Waals surface area contributed by atoms with E-state index in [9.17, 15) is 8.78 Å². The van der Waals surface area contributed by atoms with E-state index in [1.54, 1.807) is 12.3 Å². The minimum absolute atomic E-state index is 0.139. The number of fused-ring (bicyclic) bond motifs is 3. The standard InChI is InChI=1S/C23H24F2N4O/c24-14-15-11-17-13-18(25)6-9-20(17)29-21(12-15)27-28-23(29)16-4-7-19(8-5-16)30-22-3-1-2-10-26-22/h1-3,6,9-10,13,15-16,19H,4-5,7-8,11-12,14H2/t15?,16-,19-. The summed E-state index contributed by atoms with van der Waals surface area (Å²) in [6.45, 7) is -0.450. The van der Waals surface area contributed by atoms with Crippen LogP contribution in [0.15, 0.2) is 42.6 Å². The molecule has 2 aromatic heterocycles. The van der Waals surface area contributed by atoms with Gasteiger partial charge in [0.2, 0.25) is 5.88 Å². The number of rotatable bonds is 4. The van der Waals surface area contributed by atoms with Crippen molar-refractivity contribution >= 4 is 0 Å². The average molecular weight is 410 g/mol. The predicted octanol–water partition coefficient (Wildman–Crippen LogP) is 4.59. The Kier molecular flexibility index (Phi) is 5.19. The van der Waals surface area contributed by atoms with Crippen molar-refractivity contribution in [1.29, 1.82) is 0 Å². The van der Waals surface area contributed by atoms with Crippen LogP contribution in [0.3, 0.4) is 0 Å². The number of alkyl halides is 1. The Morgan fingerprint density at radius 3 is 2.67 bits per heavy atom. The van der Waals surface area contributed by atoms with Gasteiger partial charge < -0.3 is 4.74 Å². The van der Waals surface area contributed by atoms with E-state index in [1.165, 1.54) is 12.1 Å². The van der Waals surface area contributed by atoms with Gasteiger partial charge in [0.1, 0.15) is 23.6 Å². The van der Waals surface area contributed by atoms with E-state index in [-0.39, 0.29) is 23.8 Å². The lowest BCUT2D eigenvalue weighted by molar-refractivity contribution is 0.139. The molecule has 0 bridgehead atoms. The number of aromatic nitrogens is 4. The Morgan fingerprint density at radius 2 is 1.90 bits per heavy atom. The molecule has 1 unspecified atom stereocenters. The topological polar surface area (TPSA) is 52.8 Å². The maximum Gasteiger partial charge on any atom is 0.213 e. The Bertz CT molecular complexity index is 1020. The first-order chi connectivity index (χ1) is 14.7. The van der Waals surface area contributed by atoms with Crippen LogP contribution in [-0.2, 0) is 12.8 Å². The average Bonchev–Trinajstić information content (AvgIpc) is 3.11. The number of pyridine rings is 1. The molecule has 0 radical (unpaired) electrons. The van der Waals surface area contributed by atoms with Gasteiger partial charge in [0, 0.05) is 24.6 Å². The van der Waals surface area contributed by atoms with Gasteiger partial charge >= 0.3 is 0 Å². The van der Waals surface area contributed by atoms with Crippen molar-refractivity contribution in [3.05, 3.63) is 65.6 Å². The summed E-state index contributed by atoms with van der Waals surface area (Å²) < 4.78 is 35.5. The van der Waals surface area contributed by atoms with E-state index in [0.717, 1.165) is 48.6 Å². The Labute approximate surface area is 174 Å². The minimum Gasteiger partial charge on any atom is -0.474 e. The lowest BCUT2D eigenvalue weighted by Gasteiger charge is -2.28. The van der Waals surface area contributed by atoms with Gasteiger partial charge in [-0.15, -0.1) is 10.2 Å². The van der Waals surface area contributed by atoms with Crippen molar-refractivity contribution in [1.82, 2.24) is 19.7 Å². The number of halogens is 2. The van der Waals surface area contributed by atoms with Crippen LogP contribution in [0.5, 0.6) is 5.88 Å². The fraction of sp³-hybridized carbons (Fsp3) is 0.435. The molecule has 156 valence electrons. The summed E-state index contributed by atoms with van der Waals surface area (Å²) in [7, 11) is 0. The second-order valence-corrected chi connectivity index (χ2v) is 8.27. The number of ether oxygens (including phenoxy) is 1. The van der Waals surface area contributed by atoms with Crippen LogP contribution in [0.4, 0.5) is 8.78 Å². The van der Waals surface area contributed by atoms with Gasteiger partial charge in [-0.25, -0.2) is 9.37 Å². The van der Waals surface area contributed by atoms with Gasteiger partial charge in [-0.1, -0.05) is 6.07 Å². The minimum atomic E-state index is -0.450. The quantitative estimate of drug-likeness (QED) is 0.631. The summed E-state index contributed by atoms with van der Waals surface area (Å²) >= 11 is 0. The molecule has 0 N–H and O–H groups in total. The van der Waals surface area contributed by atoms with Crippen LogP contribution in [0.25, 0.3) is 5.69 Å². The highest BCUT2D eigenvalue weighted by atomic mass is 19.1. The molecule has 3 aromatic rings. The maximum atomic E-state index is 13.9. The molecule has 0 saturated heterocycles. The Hall–Kier alpha value is -2.83. The summed E-state index contributed by atoms with van der Waals surface area (Å²) in [5, 5.41) is 8.92. The third-order valence-electron chi connectivity index (χ3n) is 6.20. The smallest absolute Gasteiger partial charge is 0.213 e. The molecule has 5 nitrogen and oxygen atoms in total. The van der Waals surface area contributed by atoms with Gasteiger partial charge in [-0.2, -0.15) is 0 Å². The van der Waals surface area contributed by atoms with E-state index in [1.807, 2.05) is 18.2 Å². The van der Waals surface area contributed by atoms with Crippen LogP contribution in [-0.4, -0.2) is 32.5 Å². The molecule has 2 aliphatic rings. The number of hydrogen-bond acceptors (Lipinski definition) is 4. The molecule has 1 aromatic carbocycles. The predicted molar refractivity (Wildman–Crippen MR) is 108 cm³/mol. The number of nitrogens with zero attached hydrogens (tertiary/aromatic N) is 4. The molecule has 7 heteroatoms. The van der Waals surface area contributed by atoms with Crippen LogP contribution in [0.2, 0.25) is 0 Å². The molecule has 0 amide bonds. The molecule has 3 heterocycles. The van der Waals surface area contributed by atoms with Gasteiger partial charge in [-0.3, -0.25) is 8.96 Å². The van der Waals surface area contributed by atoms with Crippen LogP contribution >= 0.6 is 0 Å². The summed E-state index contributed by atoms with van der Waals surface area (Å²) in [4.78, 5) is 4.25. The van der Waals surface area contributed by atoms with E-state index >= 15 is 0 Å². The molecule has 1 atom stereocenters. The van der Waals surface area contributed by atoms with Crippen LogP contribution < -0.4 is 4.74 Å². The van der Waals surface area contributed by atoms with Crippen molar-refractivity contribution in [2.45, 2.75) is 50.5 Å². The molecule has 1 saturated carbocycles. The zero-order chi connectivity index (χ0) is 20.5. The zero-order valence-electron chi connectivity index (χ0n) is 16.7. The highest BCUT2D eigenvalue weighted by Crippen LogP contribution is 2.37. The highest BCUT2D eigenvalue weighted by Gasteiger charge is 2.31. The Balaban J connectivity index is 1.39. The van der Waals surface area contributed by atoms with E-state index in [4.69, 9.17) is 4.74 Å². The molecule has 5 rings (SSSR count). The van der Waals surface area contributed by atoms with Gasteiger partial charge in [0.25, 0.3) is 0 Å². The second-order valence-electron chi connectivity index (χ2n) is 8.27. The zero-order valence-corrected chi connectivity index (χ0v) is 16.7. The molecular formula is C23H24F2N4O. The Morgan fingerprint density at radius 1 is 1.03 bits per heavy atom. The molecule has 1 fully saturated rings. The molecule has 1 aliphatic heterocycles. The largest absolute Gasteiger partial charge is 0.474 e. The lowest BCUT2D eigenvalue weighted by Crippen LogP contribution is -2.25. The fourth-order valence-corrected chi connectivity index (χ4v) is 4.70. The number of hydrogen-bond donors (Lipinski definition) is 0. The summed E-state index contributed by atoms with van der Waals surface area (Å²) in [5.74, 6) is 2.07. The fourth-order valence-electron chi connectivity index (χ4n) is 4.70. The lowest BCUT2D eigenvalue weighted by atomic mass is 9.86. The van der Waals surface area contributed by atoms with Crippen molar-refractivity contribution in [2.75, 3.05) is 6.67 Å². The van der Waals surface area contributed by atoms with Crippen molar-refractivity contribution in [3.8, 4) is 11.6 Å². The first-order valence-corrected chi connectivity index (χ1v) is 10.6. The molecular weight excluding hydrogens is 386 g/mol. The summed E-state index contributed by atoms with van der Waals surface area (Å²) in [6, 6.07) is 10.4. The van der Waals surface area contributed by atoms with Crippen LogP contribution in [0, 0.1) is 11.7 Å². The normalized spacial score (nSPS) is 23.3. The first-order valence-electron chi connectivity index (χ1n) is 10.6. The van der Waals surface area contributed by atoms with Crippen molar-refractivity contribution in [3.63, 3.8) is 0 Å². The summed E-state index contributed by atoms with van der Waals surface area (Å²) in [6.07, 6.45) is 6.57. The molecule has 0 spiro atoms. The van der Waals surface area contributed by atoms with E-state index < -0.39 is 6.67 Å². The van der Waals surface area contributed by atoms with Gasteiger partial charge in [0.15, 0.2) is 0 Å². The number of benzene rings is 1. The van der Waals surface area contributed by atoms with Gasteiger partial charge in [0.05, 0.1) is 12.4 Å². The second kappa shape index (κ2) is 8.13. The van der Waals surface area contributed by atoms with Crippen LogP contribution in [0.1, 0.15) is 48.8 Å². The monoisotopic (exact) mass is 410 g/mol. The van der Waals surface area contributed by atoms with Crippen molar-refractivity contribution < 1.29 is 13.5 Å². The molecule has 1 aliphatic carbocycles. The SMILES string of the molecule is FCC1Cc2cc(F)ccc2-n2c(nnc2[C@H]2CC[C@H](Oc3ccccn3)CC2)C1. The van der Waals surface area contributed by atoms with Crippen molar-refractivity contribution in [2.24, 2.45) is 5.92 Å².